The van der Waals surface area contributed by atoms with E-state index in [0.29, 0.717) is 18.0 Å². The standard InChI is InChI=1S/C15H20FNO2/c16-14-7-6-12(15(18)19)8-13(14)10-17-9-11-4-2-1-3-5-11/h6-8,11,17H,1-5,9-10H2,(H,18,19). The van der Waals surface area contributed by atoms with Gasteiger partial charge in [0.15, 0.2) is 0 Å². The predicted molar refractivity (Wildman–Crippen MR) is 71.6 cm³/mol. The molecule has 1 saturated carbocycles. The molecule has 2 rings (SSSR count). The molecular weight excluding hydrogens is 245 g/mol. The molecule has 1 aliphatic rings. The summed E-state index contributed by atoms with van der Waals surface area (Å²) in [6.45, 7) is 1.28. The quantitative estimate of drug-likeness (QED) is 0.859. The van der Waals surface area contributed by atoms with Crippen molar-refractivity contribution in [3.8, 4) is 0 Å². The molecule has 1 aliphatic carbocycles. The number of carbonyl (C=O) groups is 1. The fraction of sp³-hybridized carbons (Fsp3) is 0.533. The van der Waals surface area contributed by atoms with Crippen LogP contribution in [0.4, 0.5) is 4.39 Å². The van der Waals surface area contributed by atoms with Crippen molar-refractivity contribution in [3.05, 3.63) is 35.1 Å². The van der Waals surface area contributed by atoms with Crippen LogP contribution in [0.1, 0.15) is 48.0 Å². The van der Waals surface area contributed by atoms with Gasteiger partial charge >= 0.3 is 5.97 Å². The molecule has 3 nitrogen and oxygen atoms in total. The molecule has 4 heteroatoms. The van der Waals surface area contributed by atoms with E-state index in [2.05, 4.69) is 5.32 Å². The maximum absolute atomic E-state index is 13.6. The first-order chi connectivity index (χ1) is 9.16. The molecule has 0 radical (unpaired) electrons. The molecule has 0 aliphatic heterocycles. The SMILES string of the molecule is O=C(O)c1ccc(F)c(CNCC2CCCCC2)c1. The zero-order valence-corrected chi connectivity index (χ0v) is 11.0. The van der Waals surface area contributed by atoms with Crippen molar-refractivity contribution >= 4 is 5.97 Å². The van der Waals surface area contributed by atoms with Crippen LogP contribution in [0.2, 0.25) is 0 Å². The topological polar surface area (TPSA) is 49.3 Å². The summed E-state index contributed by atoms with van der Waals surface area (Å²) in [6.07, 6.45) is 6.38. The molecule has 104 valence electrons. The molecular formula is C15H20FNO2. The largest absolute Gasteiger partial charge is 0.478 e. The number of benzene rings is 1. The summed E-state index contributed by atoms with van der Waals surface area (Å²) in [5, 5.41) is 12.1. The number of carboxylic acids is 1. The van der Waals surface area contributed by atoms with Gasteiger partial charge in [0.2, 0.25) is 0 Å². The van der Waals surface area contributed by atoms with Gasteiger partial charge in [-0.05, 0) is 43.5 Å². The monoisotopic (exact) mass is 265 g/mol. The molecule has 0 saturated heterocycles. The van der Waals surface area contributed by atoms with Gasteiger partial charge in [-0.15, -0.1) is 0 Å². The van der Waals surface area contributed by atoms with Gasteiger partial charge in [0, 0.05) is 12.1 Å². The van der Waals surface area contributed by atoms with Crippen LogP contribution < -0.4 is 5.32 Å². The van der Waals surface area contributed by atoms with Gasteiger partial charge in [-0.1, -0.05) is 19.3 Å². The molecule has 1 fully saturated rings. The Hall–Kier alpha value is -1.42. The van der Waals surface area contributed by atoms with E-state index in [1.807, 2.05) is 0 Å². The van der Waals surface area contributed by atoms with Crippen molar-refractivity contribution in [2.75, 3.05) is 6.54 Å². The fourth-order valence-corrected chi connectivity index (χ4v) is 2.65. The van der Waals surface area contributed by atoms with Crippen molar-refractivity contribution in [3.63, 3.8) is 0 Å². The Balaban J connectivity index is 1.87. The van der Waals surface area contributed by atoms with Crippen molar-refractivity contribution in [2.45, 2.75) is 38.6 Å². The number of hydrogen-bond donors (Lipinski definition) is 2. The van der Waals surface area contributed by atoms with E-state index in [0.717, 1.165) is 6.54 Å². The number of rotatable bonds is 5. The van der Waals surface area contributed by atoms with Crippen molar-refractivity contribution < 1.29 is 14.3 Å². The van der Waals surface area contributed by atoms with Crippen molar-refractivity contribution in [1.82, 2.24) is 5.32 Å². The number of carboxylic acid groups (broad SMARTS) is 1. The molecule has 1 aromatic rings. The Morgan fingerprint density at radius 3 is 2.74 bits per heavy atom. The van der Waals surface area contributed by atoms with Gasteiger partial charge in [-0.25, -0.2) is 9.18 Å². The Labute approximate surface area is 112 Å². The number of nitrogens with one attached hydrogen (secondary N) is 1. The van der Waals surface area contributed by atoms with Crippen LogP contribution in [0.25, 0.3) is 0 Å². The molecule has 0 bridgehead atoms. The first kappa shape index (κ1) is 14.0. The van der Waals surface area contributed by atoms with Gasteiger partial charge < -0.3 is 10.4 Å². The van der Waals surface area contributed by atoms with Crippen LogP contribution in [0.15, 0.2) is 18.2 Å². The molecule has 0 unspecified atom stereocenters. The highest BCUT2D eigenvalue weighted by atomic mass is 19.1. The number of aromatic carboxylic acids is 1. The Morgan fingerprint density at radius 2 is 2.05 bits per heavy atom. The zero-order valence-electron chi connectivity index (χ0n) is 11.0. The third kappa shape index (κ3) is 4.03. The normalized spacial score (nSPS) is 16.5. The van der Waals surface area contributed by atoms with Crippen molar-refractivity contribution in [2.24, 2.45) is 5.92 Å². The predicted octanol–water partition coefficient (Wildman–Crippen LogP) is 3.19. The van der Waals surface area contributed by atoms with Gasteiger partial charge in [-0.3, -0.25) is 0 Å². The average Bonchev–Trinajstić information content (AvgIpc) is 2.42. The van der Waals surface area contributed by atoms with E-state index in [1.165, 1.54) is 50.3 Å². The van der Waals surface area contributed by atoms with E-state index in [4.69, 9.17) is 5.11 Å². The minimum atomic E-state index is -1.02. The summed E-state index contributed by atoms with van der Waals surface area (Å²) >= 11 is 0. The van der Waals surface area contributed by atoms with Gasteiger partial charge in [0.1, 0.15) is 5.82 Å². The van der Waals surface area contributed by atoms with E-state index >= 15 is 0 Å². The molecule has 0 amide bonds. The lowest BCUT2D eigenvalue weighted by atomic mass is 9.89. The lowest BCUT2D eigenvalue weighted by Crippen LogP contribution is -2.24. The number of hydrogen-bond acceptors (Lipinski definition) is 2. The minimum absolute atomic E-state index is 0.135. The Bertz CT molecular complexity index is 442. The lowest BCUT2D eigenvalue weighted by molar-refractivity contribution is 0.0696. The van der Waals surface area contributed by atoms with Gasteiger partial charge in [0.05, 0.1) is 5.56 Å². The molecule has 0 aromatic heterocycles. The van der Waals surface area contributed by atoms with E-state index in [9.17, 15) is 9.18 Å². The second-order valence-electron chi connectivity index (χ2n) is 5.25. The summed E-state index contributed by atoms with van der Waals surface area (Å²) < 4.78 is 13.6. The maximum atomic E-state index is 13.6. The van der Waals surface area contributed by atoms with E-state index < -0.39 is 5.97 Å². The summed E-state index contributed by atoms with van der Waals surface area (Å²) in [6, 6.07) is 3.93. The van der Waals surface area contributed by atoms with Gasteiger partial charge in [0.25, 0.3) is 0 Å². The molecule has 0 atom stereocenters. The zero-order chi connectivity index (χ0) is 13.7. The Kier molecular flexibility index (Phi) is 4.91. The van der Waals surface area contributed by atoms with Crippen LogP contribution in [0.5, 0.6) is 0 Å². The van der Waals surface area contributed by atoms with E-state index in [-0.39, 0.29) is 11.4 Å². The summed E-state index contributed by atoms with van der Waals surface area (Å²) in [5.74, 6) is -0.686. The van der Waals surface area contributed by atoms with Crippen LogP contribution in [0, 0.1) is 11.7 Å². The molecule has 19 heavy (non-hydrogen) atoms. The molecule has 0 heterocycles. The van der Waals surface area contributed by atoms with E-state index in [1.54, 1.807) is 0 Å². The fourth-order valence-electron chi connectivity index (χ4n) is 2.65. The summed E-state index contributed by atoms with van der Waals surface area (Å²) in [7, 11) is 0. The molecule has 1 aromatic carbocycles. The lowest BCUT2D eigenvalue weighted by Gasteiger charge is -2.21. The van der Waals surface area contributed by atoms with Crippen LogP contribution in [-0.2, 0) is 6.54 Å². The minimum Gasteiger partial charge on any atom is -0.478 e. The molecule has 0 spiro atoms. The third-order valence-corrected chi connectivity index (χ3v) is 3.77. The number of halogens is 1. The highest BCUT2D eigenvalue weighted by Crippen LogP contribution is 2.22. The first-order valence-electron chi connectivity index (χ1n) is 6.89. The van der Waals surface area contributed by atoms with Crippen LogP contribution in [0.3, 0.4) is 0 Å². The van der Waals surface area contributed by atoms with Crippen LogP contribution in [-0.4, -0.2) is 17.6 Å². The molecule has 2 N–H and O–H groups in total. The summed E-state index contributed by atoms with van der Waals surface area (Å²) in [4.78, 5) is 10.8. The highest BCUT2D eigenvalue weighted by molar-refractivity contribution is 5.87. The Morgan fingerprint density at radius 1 is 1.32 bits per heavy atom. The average molecular weight is 265 g/mol. The first-order valence-corrected chi connectivity index (χ1v) is 6.89. The maximum Gasteiger partial charge on any atom is 0.335 e. The smallest absolute Gasteiger partial charge is 0.335 e. The second-order valence-corrected chi connectivity index (χ2v) is 5.25. The summed E-state index contributed by atoms with van der Waals surface area (Å²) in [5.41, 5.74) is 0.562. The highest BCUT2D eigenvalue weighted by Gasteiger charge is 2.13. The second kappa shape index (κ2) is 6.66. The third-order valence-electron chi connectivity index (χ3n) is 3.77. The van der Waals surface area contributed by atoms with Crippen molar-refractivity contribution in [1.29, 1.82) is 0 Å². The van der Waals surface area contributed by atoms with Crippen LogP contribution >= 0.6 is 0 Å². The van der Waals surface area contributed by atoms with Gasteiger partial charge in [-0.2, -0.15) is 0 Å².